The predicted octanol–water partition coefficient (Wildman–Crippen LogP) is 3.01. The van der Waals surface area contributed by atoms with Gasteiger partial charge < -0.3 is 15.4 Å². The Kier molecular flexibility index (Phi) is 6.21. The third-order valence-electron chi connectivity index (χ3n) is 2.76. The van der Waals surface area contributed by atoms with Gasteiger partial charge in [0.2, 0.25) is 5.91 Å². The van der Waals surface area contributed by atoms with Gasteiger partial charge in [0.1, 0.15) is 6.04 Å². The Morgan fingerprint density at radius 2 is 1.67 bits per heavy atom. The second-order valence-electron chi connectivity index (χ2n) is 5.72. The van der Waals surface area contributed by atoms with Crippen LogP contribution in [-0.2, 0) is 9.53 Å². The van der Waals surface area contributed by atoms with Crippen molar-refractivity contribution in [2.75, 3.05) is 11.9 Å². The molecule has 0 saturated carbocycles. The predicted molar refractivity (Wildman–Crippen MR) is 83.3 cm³/mol. The van der Waals surface area contributed by atoms with E-state index in [4.69, 9.17) is 4.74 Å². The first kappa shape index (κ1) is 17.0. The van der Waals surface area contributed by atoms with Crippen molar-refractivity contribution in [3.05, 3.63) is 29.3 Å². The minimum Gasteiger partial charge on any atom is -0.449 e. The Morgan fingerprint density at radius 3 is 2.19 bits per heavy atom. The molecule has 0 radical (unpaired) electrons. The molecule has 0 aromatic heterocycles. The number of ether oxygens (including phenoxy) is 1. The van der Waals surface area contributed by atoms with Crippen LogP contribution in [0.25, 0.3) is 0 Å². The molecule has 2 N–H and O–H groups in total. The molecule has 5 nitrogen and oxygen atoms in total. The van der Waals surface area contributed by atoms with Gasteiger partial charge in [0.05, 0.1) is 6.61 Å². The number of hydrogen-bond acceptors (Lipinski definition) is 3. The standard InChI is InChI=1S/C16H24N2O3/c1-10(2)9-21-16(20)17-13(5)15(19)18-14-7-11(3)6-12(4)8-14/h6-8,10,13H,9H2,1-5H3,(H,17,20)(H,18,19)/t13-/m1/s1. The summed E-state index contributed by atoms with van der Waals surface area (Å²) in [6.45, 7) is 9.78. The van der Waals surface area contributed by atoms with Gasteiger partial charge in [-0.1, -0.05) is 19.9 Å². The number of aryl methyl sites for hydroxylation is 2. The maximum Gasteiger partial charge on any atom is 0.407 e. The summed E-state index contributed by atoms with van der Waals surface area (Å²) < 4.78 is 4.98. The topological polar surface area (TPSA) is 67.4 Å². The van der Waals surface area contributed by atoms with Crippen LogP contribution < -0.4 is 10.6 Å². The lowest BCUT2D eigenvalue weighted by molar-refractivity contribution is -0.117. The minimum atomic E-state index is -0.662. The van der Waals surface area contributed by atoms with E-state index in [1.165, 1.54) is 0 Å². The molecule has 0 aliphatic rings. The van der Waals surface area contributed by atoms with Crippen LogP contribution >= 0.6 is 0 Å². The Labute approximate surface area is 126 Å². The SMILES string of the molecule is Cc1cc(C)cc(NC(=O)[C@@H](C)NC(=O)OCC(C)C)c1. The van der Waals surface area contributed by atoms with E-state index in [1.54, 1.807) is 6.92 Å². The van der Waals surface area contributed by atoms with E-state index in [1.807, 2.05) is 45.9 Å². The Bertz CT molecular complexity index is 492. The van der Waals surface area contributed by atoms with Gasteiger partial charge in [-0.05, 0) is 49.9 Å². The summed E-state index contributed by atoms with van der Waals surface area (Å²) in [5, 5.41) is 5.30. The normalized spacial score (nSPS) is 11.9. The van der Waals surface area contributed by atoms with E-state index in [-0.39, 0.29) is 11.8 Å². The molecular weight excluding hydrogens is 268 g/mol. The highest BCUT2D eigenvalue weighted by Gasteiger charge is 2.16. The highest BCUT2D eigenvalue weighted by molar-refractivity contribution is 5.96. The van der Waals surface area contributed by atoms with Gasteiger partial charge in [-0.2, -0.15) is 0 Å². The molecule has 1 rings (SSSR count). The van der Waals surface area contributed by atoms with Crippen molar-refractivity contribution in [1.29, 1.82) is 0 Å². The molecule has 1 aromatic rings. The molecule has 2 amide bonds. The van der Waals surface area contributed by atoms with E-state index in [0.717, 1.165) is 16.8 Å². The van der Waals surface area contributed by atoms with E-state index in [2.05, 4.69) is 10.6 Å². The van der Waals surface area contributed by atoms with E-state index in [9.17, 15) is 9.59 Å². The highest BCUT2D eigenvalue weighted by Crippen LogP contribution is 2.13. The fourth-order valence-corrected chi connectivity index (χ4v) is 1.82. The largest absolute Gasteiger partial charge is 0.449 e. The quantitative estimate of drug-likeness (QED) is 0.876. The van der Waals surface area contributed by atoms with Gasteiger partial charge in [-0.15, -0.1) is 0 Å². The summed E-state index contributed by atoms with van der Waals surface area (Å²) in [5.74, 6) is -0.0170. The van der Waals surface area contributed by atoms with Gasteiger partial charge >= 0.3 is 6.09 Å². The van der Waals surface area contributed by atoms with Crippen molar-refractivity contribution in [2.45, 2.75) is 40.7 Å². The summed E-state index contributed by atoms with van der Waals surface area (Å²) >= 11 is 0. The lowest BCUT2D eigenvalue weighted by atomic mass is 10.1. The number of nitrogens with one attached hydrogen (secondary N) is 2. The van der Waals surface area contributed by atoms with Crippen LogP contribution in [0.2, 0.25) is 0 Å². The van der Waals surface area contributed by atoms with Crippen LogP contribution in [0.5, 0.6) is 0 Å². The summed E-state index contributed by atoms with van der Waals surface area (Å²) in [7, 11) is 0. The summed E-state index contributed by atoms with van der Waals surface area (Å²) in [5.41, 5.74) is 2.87. The molecule has 0 aliphatic heterocycles. The number of hydrogen-bond donors (Lipinski definition) is 2. The Hall–Kier alpha value is -2.04. The van der Waals surface area contributed by atoms with Crippen molar-refractivity contribution in [2.24, 2.45) is 5.92 Å². The number of anilines is 1. The van der Waals surface area contributed by atoms with Crippen molar-refractivity contribution in [1.82, 2.24) is 5.32 Å². The molecule has 1 aromatic carbocycles. The molecule has 0 heterocycles. The molecule has 21 heavy (non-hydrogen) atoms. The smallest absolute Gasteiger partial charge is 0.407 e. The number of alkyl carbamates (subject to hydrolysis) is 1. The summed E-state index contributed by atoms with van der Waals surface area (Å²) in [4.78, 5) is 23.5. The molecule has 116 valence electrons. The van der Waals surface area contributed by atoms with Crippen molar-refractivity contribution >= 4 is 17.7 Å². The summed E-state index contributed by atoms with van der Waals surface area (Å²) in [6, 6.07) is 5.13. The molecule has 1 atom stereocenters. The second-order valence-corrected chi connectivity index (χ2v) is 5.72. The summed E-state index contributed by atoms with van der Waals surface area (Å²) in [6.07, 6.45) is -0.577. The number of benzene rings is 1. The van der Waals surface area contributed by atoms with Crippen LogP contribution in [-0.4, -0.2) is 24.6 Å². The van der Waals surface area contributed by atoms with Gasteiger partial charge in [-0.25, -0.2) is 4.79 Å². The van der Waals surface area contributed by atoms with Gasteiger partial charge in [0.15, 0.2) is 0 Å². The average Bonchev–Trinajstić information content (AvgIpc) is 2.34. The van der Waals surface area contributed by atoms with Crippen LogP contribution in [0.4, 0.5) is 10.5 Å². The molecule has 0 fully saturated rings. The van der Waals surface area contributed by atoms with Crippen molar-refractivity contribution in [3.8, 4) is 0 Å². The van der Waals surface area contributed by atoms with Crippen molar-refractivity contribution in [3.63, 3.8) is 0 Å². The van der Waals surface area contributed by atoms with Crippen LogP contribution in [0.3, 0.4) is 0 Å². The first-order valence-electron chi connectivity index (χ1n) is 7.10. The Morgan fingerprint density at radius 1 is 1.10 bits per heavy atom. The zero-order valence-electron chi connectivity index (χ0n) is 13.3. The first-order valence-corrected chi connectivity index (χ1v) is 7.10. The molecule has 0 spiro atoms. The van der Waals surface area contributed by atoms with E-state index >= 15 is 0 Å². The maximum atomic E-state index is 12.0. The van der Waals surface area contributed by atoms with Crippen LogP contribution in [0.1, 0.15) is 31.9 Å². The molecule has 5 heteroatoms. The molecule has 0 saturated heterocycles. The Balaban J connectivity index is 2.52. The van der Waals surface area contributed by atoms with Gasteiger partial charge in [0, 0.05) is 5.69 Å². The molecule has 0 bridgehead atoms. The number of carbonyl (C=O) groups excluding carboxylic acids is 2. The van der Waals surface area contributed by atoms with Crippen LogP contribution in [0.15, 0.2) is 18.2 Å². The molecular formula is C16H24N2O3. The molecule has 0 unspecified atom stereocenters. The zero-order valence-corrected chi connectivity index (χ0v) is 13.3. The van der Waals surface area contributed by atoms with E-state index in [0.29, 0.717) is 6.61 Å². The van der Waals surface area contributed by atoms with Crippen molar-refractivity contribution < 1.29 is 14.3 Å². The first-order chi connectivity index (χ1) is 9.77. The van der Waals surface area contributed by atoms with E-state index < -0.39 is 12.1 Å². The number of carbonyl (C=O) groups is 2. The number of rotatable bonds is 5. The average molecular weight is 292 g/mol. The number of amides is 2. The fraction of sp³-hybridized carbons (Fsp3) is 0.500. The highest BCUT2D eigenvalue weighted by atomic mass is 16.5. The third kappa shape index (κ3) is 6.29. The van der Waals surface area contributed by atoms with Gasteiger partial charge in [0.25, 0.3) is 0 Å². The zero-order chi connectivity index (χ0) is 16.0. The lowest BCUT2D eigenvalue weighted by Gasteiger charge is -2.15. The lowest BCUT2D eigenvalue weighted by Crippen LogP contribution is -2.42. The fourth-order valence-electron chi connectivity index (χ4n) is 1.82. The monoisotopic (exact) mass is 292 g/mol. The van der Waals surface area contributed by atoms with Gasteiger partial charge in [-0.3, -0.25) is 4.79 Å². The maximum absolute atomic E-state index is 12.0. The third-order valence-corrected chi connectivity index (χ3v) is 2.76. The second kappa shape index (κ2) is 7.67. The van der Waals surface area contributed by atoms with Crippen LogP contribution in [0, 0.1) is 19.8 Å². The molecule has 0 aliphatic carbocycles. The minimum absolute atomic E-state index is 0.259.